The van der Waals surface area contributed by atoms with Crippen LogP contribution >= 0.6 is 11.6 Å². The molecule has 3 rings (SSSR count). The maximum atomic E-state index is 12.5. The highest BCUT2D eigenvalue weighted by molar-refractivity contribution is 6.34. The summed E-state index contributed by atoms with van der Waals surface area (Å²) >= 11 is 6.14. The Hall–Kier alpha value is -2.60. The Labute approximate surface area is 143 Å². The lowest BCUT2D eigenvalue weighted by Gasteiger charge is -2.18. The van der Waals surface area contributed by atoms with E-state index in [1.54, 1.807) is 30.1 Å². The number of para-hydroxylation sites is 1. The minimum absolute atomic E-state index is 0.193. The van der Waals surface area contributed by atoms with Gasteiger partial charge in [-0.3, -0.25) is 14.4 Å². The molecule has 0 bridgehead atoms. The lowest BCUT2D eigenvalue weighted by molar-refractivity contribution is -0.118. The number of pyridine rings is 1. The van der Waals surface area contributed by atoms with Crippen LogP contribution in [0.25, 0.3) is 0 Å². The highest BCUT2D eigenvalue weighted by atomic mass is 35.5. The standard InChI is InChI=1S/C17H16ClN3O3/c1-20-10-11(6-7-15(20)22)16(23)19-13-8-9-21(17(13)24)14-5-3-2-4-12(14)18/h2-7,10,13H,8-9H2,1H3,(H,19,23)/t13-/m1/s1. The molecule has 1 aromatic heterocycles. The predicted molar refractivity (Wildman–Crippen MR) is 91.4 cm³/mol. The van der Waals surface area contributed by atoms with E-state index in [1.165, 1.54) is 22.9 Å². The normalized spacial score (nSPS) is 17.2. The van der Waals surface area contributed by atoms with Crippen molar-refractivity contribution in [2.75, 3.05) is 11.4 Å². The Morgan fingerprint density at radius 1 is 1.21 bits per heavy atom. The van der Waals surface area contributed by atoms with Gasteiger partial charge in [-0.1, -0.05) is 23.7 Å². The third-order valence-corrected chi connectivity index (χ3v) is 4.32. The molecule has 0 unspecified atom stereocenters. The van der Waals surface area contributed by atoms with Crippen molar-refractivity contribution in [1.82, 2.24) is 9.88 Å². The van der Waals surface area contributed by atoms with Crippen molar-refractivity contribution in [2.45, 2.75) is 12.5 Å². The Morgan fingerprint density at radius 2 is 1.96 bits per heavy atom. The lowest BCUT2D eigenvalue weighted by Crippen LogP contribution is -2.41. The summed E-state index contributed by atoms with van der Waals surface area (Å²) in [6.45, 7) is 0.487. The molecule has 0 aliphatic carbocycles. The molecule has 1 saturated heterocycles. The molecule has 6 nitrogen and oxygen atoms in total. The molecule has 1 aliphatic heterocycles. The third kappa shape index (κ3) is 3.05. The van der Waals surface area contributed by atoms with E-state index in [9.17, 15) is 14.4 Å². The van der Waals surface area contributed by atoms with Gasteiger partial charge in [0.1, 0.15) is 6.04 Å². The number of hydrogen-bond donors (Lipinski definition) is 1. The average molecular weight is 346 g/mol. The Bertz CT molecular complexity index is 862. The van der Waals surface area contributed by atoms with Crippen molar-refractivity contribution in [1.29, 1.82) is 0 Å². The number of rotatable bonds is 3. The molecule has 1 aromatic carbocycles. The summed E-state index contributed by atoms with van der Waals surface area (Å²) in [5.74, 6) is -0.578. The van der Waals surface area contributed by atoms with Crippen molar-refractivity contribution in [3.8, 4) is 0 Å². The van der Waals surface area contributed by atoms with Crippen LogP contribution in [0.15, 0.2) is 47.4 Å². The summed E-state index contributed by atoms with van der Waals surface area (Å²) in [6, 6.07) is 9.27. The van der Waals surface area contributed by atoms with Gasteiger partial charge in [-0.25, -0.2) is 0 Å². The van der Waals surface area contributed by atoms with Gasteiger partial charge < -0.3 is 14.8 Å². The van der Waals surface area contributed by atoms with E-state index in [0.717, 1.165) is 0 Å². The maximum Gasteiger partial charge on any atom is 0.253 e. The van der Waals surface area contributed by atoms with E-state index < -0.39 is 6.04 Å². The van der Waals surface area contributed by atoms with Crippen molar-refractivity contribution in [3.63, 3.8) is 0 Å². The smallest absolute Gasteiger partial charge is 0.253 e. The molecular formula is C17H16ClN3O3. The number of nitrogens with zero attached hydrogens (tertiary/aromatic N) is 2. The van der Waals surface area contributed by atoms with E-state index in [2.05, 4.69) is 5.32 Å². The van der Waals surface area contributed by atoms with Crippen LogP contribution in [-0.4, -0.2) is 29.0 Å². The molecule has 0 radical (unpaired) electrons. The first-order chi connectivity index (χ1) is 11.5. The number of carbonyl (C=O) groups excluding carboxylic acids is 2. The SMILES string of the molecule is Cn1cc(C(=O)N[C@@H]2CCN(c3ccccc3Cl)C2=O)ccc1=O. The lowest BCUT2D eigenvalue weighted by atomic mass is 10.2. The molecule has 1 atom stereocenters. The van der Waals surface area contributed by atoms with Crippen LogP contribution in [0.2, 0.25) is 5.02 Å². The van der Waals surface area contributed by atoms with Gasteiger partial charge in [0.15, 0.2) is 0 Å². The fourth-order valence-electron chi connectivity index (χ4n) is 2.69. The van der Waals surface area contributed by atoms with Crippen molar-refractivity contribution in [2.24, 2.45) is 7.05 Å². The van der Waals surface area contributed by atoms with Crippen molar-refractivity contribution < 1.29 is 9.59 Å². The van der Waals surface area contributed by atoms with Gasteiger partial charge in [0, 0.05) is 25.9 Å². The van der Waals surface area contributed by atoms with E-state index in [0.29, 0.717) is 29.2 Å². The van der Waals surface area contributed by atoms with E-state index in [4.69, 9.17) is 11.6 Å². The number of benzene rings is 1. The third-order valence-electron chi connectivity index (χ3n) is 4.00. The van der Waals surface area contributed by atoms with Crippen LogP contribution in [-0.2, 0) is 11.8 Å². The van der Waals surface area contributed by atoms with Crippen LogP contribution in [0.1, 0.15) is 16.8 Å². The Balaban J connectivity index is 1.74. The molecule has 0 saturated carbocycles. The summed E-state index contributed by atoms with van der Waals surface area (Å²) in [4.78, 5) is 37.8. The van der Waals surface area contributed by atoms with Crippen molar-refractivity contribution >= 4 is 29.1 Å². The van der Waals surface area contributed by atoms with E-state index in [-0.39, 0.29) is 17.4 Å². The van der Waals surface area contributed by atoms with Gasteiger partial charge in [-0.15, -0.1) is 0 Å². The van der Waals surface area contributed by atoms with Crippen LogP contribution in [0.4, 0.5) is 5.69 Å². The molecule has 1 fully saturated rings. The Kier molecular flexibility index (Phi) is 4.40. The molecule has 7 heteroatoms. The zero-order valence-corrected chi connectivity index (χ0v) is 13.8. The molecule has 24 heavy (non-hydrogen) atoms. The molecular weight excluding hydrogens is 330 g/mol. The second-order valence-corrected chi connectivity index (χ2v) is 6.03. The molecule has 2 heterocycles. The van der Waals surface area contributed by atoms with Gasteiger partial charge in [0.2, 0.25) is 11.5 Å². The summed E-state index contributed by atoms with van der Waals surface area (Å²) in [6.07, 6.45) is 1.95. The van der Waals surface area contributed by atoms with Crippen LogP contribution < -0.4 is 15.8 Å². The van der Waals surface area contributed by atoms with Crippen molar-refractivity contribution in [3.05, 3.63) is 63.5 Å². The first-order valence-electron chi connectivity index (χ1n) is 7.51. The zero-order chi connectivity index (χ0) is 17.3. The zero-order valence-electron chi connectivity index (χ0n) is 13.0. The summed E-state index contributed by atoms with van der Waals surface area (Å²) in [7, 11) is 1.57. The van der Waals surface area contributed by atoms with Gasteiger partial charge >= 0.3 is 0 Å². The van der Waals surface area contributed by atoms with Crippen LogP contribution in [0.5, 0.6) is 0 Å². The van der Waals surface area contributed by atoms with Crippen LogP contribution in [0, 0.1) is 0 Å². The quantitative estimate of drug-likeness (QED) is 0.918. The minimum atomic E-state index is -0.606. The molecule has 124 valence electrons. The van der Waals surface area contributed by atoms with Gasteiger partial charge in [0.25, 0.3) is 5.91 Å². The Morgan fingerprint density at radius 3 is 2.67 bits per heavy atom. The number of aryl methyl sites for hydroxylation is 1. The fraction of sp³-hybridized carbons (Fsp3) is 0.235. The number of amides is 2. The van der Waals surface area contributed by atoms with Gasteiger partial charge in [-0.2, -0.15) is 0 Å². The highest BCUT2D eigenvalue weighted by Crippen LogP contribution is 2.29. The number of hydrogen-bond acceptors (Lipinski definition) is 3. The topological polar surface area (TPSA) is 71.4 Å². The minimum Gasteiger partial charge on any atom is -0.340 e. The van der Waals surface area contributed by atoms with E-state index in [1.807, 2.05) is 6.07 Å². The molecule has 2 amide bonds. The first kappa shape index (κ1) is 16.3. The number of carbonyl (C=O) groups is 2. The largest absolute Gasteiger partial charge is 0.340 e. The maximum absolute atomic E-state index is 12.5. The fourth-order valence-corrected chi connectivity index (χ4v) is 2.93. The number of halogens is 1. The molecule has 1 N–H and O–H groups in total. The average Bonchev–Trinajstić information content (AvgIpc) is 2.91. The second-order valence-electron chi connectivity index (χ2n) is 5.62. The monoisotopic (exact) mass is 345 g/mol. The summed E-state index contributed by atoms with van der Waals surface area (Å²) in [5.41, 5.74) is 0.775. The summed E-state index contributed by atoms with van der Waals surface area (Å²) < 4.78 is 1.32. The van der Waals surface area contributed by atoms with Gasteiger partial charge in [0.05, 0.1) is 16.3 Å². The van der Waals surface area contributed by atoms with Crippen LogP contribution in [0.3, 0.4) is 0 Å². The molecule has 0 spiro atoms. The van der Waals surface area contributed by atoms with Gasteiger partial charge in [-0.05, 0) is 24.6 Å². The molecule has 2 aromatic rings. The second kappa shape index (κ2) is 6.49. The van der Waals surface area contributed by atoms with E-state index >= 15 is 0 Å². The first-order valence-corrected chi connectivity index (χ1v) is 7.88. The highest BCUT2D eigenvalue weighted by Gasteiger charge is 2.34. The predicted octanol–water partition coefficient (Wildman–Crippen LogP) is 1.57. The molecule has 1 aliphatic rings. The summed E-state index contributed by atoms with van der Waals surface area (Å²) in [5, 5.41) is 3.22. The number of aromatic nitrogens is 1. The number of nitrogens with one attached hydrogen (secondary N) is 1. The number of anilines is 1.